The number of carbonyl (C=O) groups is 1. The molecule has 6 heteroatoms. The molecule has 5 nitrogen and oxygen atoms in total. The Morgan fingerprint density at radius 2 is 1.72 bits per heavy atom. The van der Waals surface area contributed by atoms with E-state index in [0.717, 1.165) is 38.8 Å². The summed E-state index contributed by atoms with van der Waals surface area (Å²) in [6.07, 6.45) is 0. The molecule has 0 aliphatic carbocycles. The van der Waals surface area contributed by atoms with Crippen molar-refractivity contribution >= 4 is 23.4 Å². The zero-order valence-electron chi connectivity index (χ0n) is 17.0. The maximum absolute atomic E-state index is 13.3. The fourth-order valence-electron chi connectivity index (χ4n) is 3.70. The van der Waals surface area contributed by atoms with E-state index in [1.807, 2.05) is 56.3 Å². The summed E-state index contributed by atoms with van der Waals surface area (Å²) in [4.78, 5) is 13.3. The number of methoxy groups -OCH3 is 1. The van der Waals surface area contributed by atoms with Crippen LogP contribution in [0, 0.1) is 20.8 Å². The fourth-order valence-corrected chi connectivity index (χ4v) is 4.93. The van der Waals surface area contributed by atoms with Gasteiger partial charge in [-0.2, -0.15) is 0 Å². The van der Waals surface area contributed by atoms with Crippen molar-refractivity contribution < 1.29 is 9.53 Å². The minimum absolute atomic E-state index is 0.0154. The molecule has 2 heterocycles. The molecule has 0 bridgehead atoms. The minimum atomic E-state index is -0.314. The summed E-state index contributed by atoms with van der Waals surface area (Å²) in [6, 6.07) is 17.9. The van der Waals surface area contributed by atoms with Crippen LogP contribution in [0.4, 0.5) is 5.69 Å². The third kappa shape index (κ3) is 3.98. The Bertz CT molecular complexity index is 1020. The second kappa shape index (κ2) is 7.87. The molecular weight excluding hydrogens is 382 g/mol. The number of hydrogen-bond acceptors (Lipinski definition) is 4. The van der Waals surface area contributed by atoms with Gasteiger partial charge in [-0.05, 0) is 73.9 Å². The van der Waals surface area contributed by atoms with Gasteiger partial charge in [0.2, 0.25) is 5.91 Å². The van der Waals surface area contributed by atoms with Gasteiger partial charge in [-0.25, -0.2) is 0 Å². The largest absolute Gasteiger partial charge is 0.497 e. The summed E-state index contributed by atoms with van der Waals surface area (Å²) in [5.74, 6) is 0.782. The Morgan fingerprint density at radius 1 is 1.03 bits per heavy atom. The van der Waals surface area contributed by atoms with E-state index in [1.165, 1.54) is 0 Å². The lowest BCUT2D eigenvalue weighted by molar-refractivity contribution is -0.116. The van der Waals surface area contributed by atoms with Gasteiger partial charge in [-0.1, -0.05) is 30.0 Å². The first kappa shape index (κ1) is 19.5. The molecule has 2 unspecified atom stereocenters. The molecule has 0 fully saturated rings. The van der Waals surface area contributed by atoms with Gasteiger partial charge in [0.05, 0.1) is 18.2 Å². The van der Waals surface area contributed by atoms with Crippen molar-refractivity contribution in [3.8, 4) is 5.75 Å². The number of aromatic nitrogens is 1. The van der Waals surface area contributed by atoms with E-state index in [2.05, 4.69) is 34.5 Å². The number of hydrogen-bond donors (Lipinski definition) is 2. The van der Waals surface area contributed by atoms with Crippen molar-refractivity contribution in [3.05, 3.63) is 77.0 Å². The van der Waals surface area contributed by atoms with E-state index in [-0.39, 0.29) is 17.2 Å². The minimum Gasteiger partial charge on any atom is -0.497 e. The van der Waals surface area contributed by atoms with E-state index >= 15 is 0 Å². The smallest absolute Gasteiger partial charge is 0.240 e. The number of aryl methyl sites for hydroxylation is 3. The summed E-state index contributed by atoms with van der Waals surface area (Å²) < 4.78 is 7.34. The Morgan fingerprint density at radius 3 is 2.38 bits per heavy atom. The summed E-state index contributed by atoms with van der Waals surface area (Å²) in [6.45, 7) is 6.13. The number of ether oxygens (including phenoxy) is 1. The van der Waals surface area contributed by atoms with Crippen molar-refractivity contribution in [2.45, 2.75) is 37.1 Å². The van der Waals surface area contributed by atoms with E-state index in [1.54, 1.807) is 18.9 Å². The number of anilines is 1. The predicted molar refractivity (Wildman–Crippen MR) is 118 cm³/mol. The van der Waals surface area contributed by atoms with Gasteiger partial charge in [-0.15, -0.1) is 0 Å². The average Bonchev–Trinajstić information content (AvgIpc) is 3.06. The lowest BCUT2D eigenvalue weighted by Crippen LogP contribution is -2.41. The second-order valence-electron chi connectivity index (χ2n) is 7.43. The fraction of sp³-hybridized carbons (Fsp3) is 0.261. The highest BCUT2D eigenvalue weighted by atomic mass is 32.2. The number of fused-ring (bicyclic) bond motifs is 1. The number of rotatable bonds is 4. The molecule has 29 heavy (non-hydrogen) atoms. The summed E-state index contributed by atoms with van der Waals surface area (Å²) >= 11 is 1.58. The van der Waals surface area contributed by atoms with Crippen LogP contribution in [0.3, 0.4) is 0 Å². The molecule has 150 valence electrons. The van der Waals surface area contributed by atoms with Gasteiger partial charge in [0.25, 0.3) is 0 Å². The van der Waals surface area contributed by atoms with E-state index in [9.17, 15) is 4.79 Å². The van der Waals surface area contributed by atoms with E-state index in [4.69, 9.17) is 4.74 Å². The highest BCUT2D eigenvalue weighted by Crippen LogP contribution is 2.39. The molecule has 0 saturated carbocycles. The molecule has 0 radical (unpaired) electrons. The lowest BCUT2D eigenvalue weighted by Gasteiger charge is -2.34. The molecule has 2 atom stereocenters. The van der Waals surface area contributed by atoms with Gasteiger partial charge >= 0.3 is 0 Å². The highest BCUT2D eigenvalue weighted by Gasteiger charge is 2.36. The molecule has 1 aliphatic heterocycles. The summed E-state index contributed by atoms with van der Waals surface area (Å²) in [5.41, 5.74) is 8.78. The molecule has 0 spiro atoms. The third-order valence-electron chi connectivity index (χ3n) is 5.08. The van der Waals surface area contributed by atoms with Crippen LogP contribution < -0.4 is 15.5 Å². The van der Waals surface area contributed by atoms with Crippen LogP contribution in [0.2, 0.25) is 0 Å². The second-order valence-corrected chi connectivity index (χ2v) is 8.59. The molecule has 1 aromatic heterocycles. The van der Waals surface area contributed by atoms with Crippen LogP contribution in [0.25, 0.3) is 0 Å². The number of benzene rings is 2. The van der Waals surface area contributed by atoms with Gasteiger partial charge in [0.1, 0.15) is 11.0 Å². The first-order valence-electron chi connectivity index (χ1n) is 9.59. The van der Waals surface area contributed by atoms with Crippen LogP contribution in [0.1, 0.15) is 28.4 Å². The maximum atomic E-state index is 13.3. The number of carbonyl (C=O) groups excluding carboxylic acids is 1. The van der Waals surface area contributed by atoms with Crippen molar-refractivity contribution in [1.29, 1.82) is 0 Å². The predicted octanol–water partition coefficient (Wildman–Crippen LogP) is 4.82. The third-order valence-corrected chi connectivity index (χ3v) is 6.38. The summed E-state index contributed by atoms with van der Waals surface area (Å²) in [7, 11) is 1.65. The number of thioether (sulfide) groups is 1. The molecule has 2 aromatic carbocycles. The standard InChI is InChI=1S/C23H25N3O2S/c1-14-11-15(2)13-18(12-14)24-23(27)22-21(17-6-8-19(28-4)9-7-17)25-26-16(3)5-10-20(26)29-22/h5-13,21-22,25H,1-4H3,(H,24,27). The van der Waals surface area contributed by atoms with Crippen LogP contribution in [0.15, 0.2) is 59.6 Å². The van der Waals surface area contributed by atoms with Gasteiger partial charge in [0.15, 0.2) is 0 Å². The van der Waals surface area contributed by atoms with Crippen molar-refractivity contribution in [2.24, 2.45) is 0 Å². The molecule has 1 aliphatic rings. The zero-order valence-corrected chi connectivity index (χ0v) is 17.8. The quantitative estimate of drug-likeness (QED) is 0.651. The zero-order chi connectivity index (χ0) is 20.5. The van der Waals surface area contributed by atoms with Crippen molar-refractivity contribution in [3.63, 3.8) is 0 Å². The number of nitrogens with zero attached hydrogens (tertiary/aromatic N) is 1. The maximum Gasteiger partial charge on any atom is 0.240 e. The van der Waals surface area contributed by atoms with Gasteiger partial charge in [-0.3, -0.25) is 9.47 Å². The van der Waals surface area contributed by atoms with Gasteiger partial charge < -0.3 is 15.5 Å². The monoisotopic (exact) mass is 407 g/mol. The highest BCUT2D eigenvalue weighted by molar-refractivity contribution is 8.00. The molecule has 4 rings (SSSR count). The molecule has 3 aromatic rings. The molecular formula is C23H25N3O2S. The number of nitrogens with one attached hydrogen (secondary N) is 2. The van der Waals surface area contributed by atoms with Crippen molar-refractivity contribution in [1.82, 2.24) is 4.68 Å². The Hall–Kier alpha value is -2.86. The summed E-state index contributed by atoms with van der Waals surface area (Å²) in [5, 5.41) is 3.84. The van der Waals surface area contributed by atoms with Crippen LogP contribution in [-0.4, -0.2) is 22.9 Å². The van der Waals surface area contributed by atoms with Crippen molar-refractivity contribution in [2.75, 3.05) is 17.9 Å². The van der Waals surface area contributed by atoms with Crippen LogP contribution >= 0.6 is 11.8 Å². The molecule has 1 amide bonds. The van der Waals surface area contributed by atoms with E-state index in [0.29, 0.717) is 0 Å². The van der Waals surface area contributed by atoms with Crippen LogP contribution in [-0.2, 0) is 4.79 Å². The number of amides is 1. The first-order chi connectivity index (χ1) is 13.9. The Labute approximate surface area is 175 Å². The lowest BCUT2D eigenvalue weighted by atomic mass is 10.0. The first-order valence-corrected chi connectivity index (χ1v) is 10.5. The molecule has 0 saturated heterocycles. The van der Waals surface area contributed by atoms with Crippen LogP contribution in [0.5, 0.6) is 5.75 Å². The molecule has 2 N–H and O–H groups in total. The average molecular weight is 408 g/mol. The topological polar surface area (TPSA) is 55.3 Å². The SMILES string of the molecule is COc1ccc(C2Nn3c(C)ccc3SC2C(=O)Nc2cc(C)cc(C)c2)cc1. The Kier molecular flexibility index (Phi) is 5.28. The van der Waals surface area contributed by atoms with E-state index < -0.39 is 0 Å². The Balaban J connectivity index is 1.66. The van der Waals surface area contributed by atoms with Gasteiger partial charge in [0, 0.05) is 11.4 Å². The normalized spacial score (nSPS) is 17.9.